The molecule has 0 aliphatic carbocycles. The van der Waals surface area contributed by atoms with Gasteiger partial charge < -0.3 is 25.2 Å². The predicted molar refractivity (Wildman–Crippen MR) is 235 cm³/mol. The van der Waals surface area contributed by atoms with Gasteiger partial charge in [-0.15, -0.1) is 0 Å². The van der Waals surface area contributed by atoms with E-state index in [1.54, 1.807) is 0 Å². The Kier molecular flexibility index (Phi) is 39.7. The van der Waals surface area contributed by atoms with Gasteiger partial charge in [0.1, 0.15) is 12.1 Å². The quantitative estimate of drug-likeness (QED) is 0.0235. The van der Waals surface area contributed by atoms with Gasteiger partial charge in [0.05, 0.1) is 19.8 Å². The van der Waals surface area contributed by atoms with Crippen molar-refractivity contribution in [2.45, 2.75) is 180 Å². The van der Waals surface area contributed by atoms with Gasteiger partial charge in [0.25, 0.3) is 0 Å². The number of esters is 1. The van der Waals surface area contributed by atoms with E-state index in [4.69, 9.17) is 29.4 Å². The molecule has 0 aromatic rings. The van der Waals surface area contributed by atoms with Crippen molar-refractivity contribution in [2.75, 3.05) is 26.4 Å². The first-order valence-electron chi connectivity index (χ1n) is 22.0. The standard InChI is InChI=1S/C46H80NO9P/c1-3-5-7-9-11-13-15-17-19-21-22-23-24-26-28-30-32-34-36-38-45(48)56-43(41-54-57(51,52)55-42-44(47)46(49)50)40-53-39-37-35-33-31-29-27-25-20-18-16-14-12-10-8-6-4-2/h6,8,11-14,17-20,22-23,43-44H,3-5,7,9-10,15-16,21,24-42,47H2,1-2H3,(H,49,50)(H,51,52)/b8-6-,13-11-,14-12-,19-17-,20-18-,23-22-. The van der Waals surface area contributed by atoms with Crippen molar-refractivity contribution in [1.82, 2.24) is 0 Å². The van der Waals surface area contributed by atoms with Crippen LogP contribution in [-0.4, -0.2) is 60.5 Å². The second-order valence-corrected chi connectivity index (χ2v) is 15.9. The van der Waals surface area contributed by atoms with Crippen molar-refractivity contribution < 1.29 is 42.7 Å². The molecule has 0 spiro atoms. The maximum atomic E-state index is 12.6. The van der Waals surface area contributed by atoms with Gasteiger partial charge in [0.15, 0.2) is 0 Å². The van der Waals surface area contributed by atoms with Gasteiger partial charge in [-0.1, -0.05) is 151 Å². The SMILES string of the molecule is CC/C=C\C/C=C\C/C=C\CCCCCCCCOCC(COP(=O)(O)OCC(N)C(=O)O)OC(=O)CCCCCCCC/C=C\C/C=C\C/C=C\CCCCC. The molecule has 0 amide bonds. The molecule has 0 saturated heterocycles. The zero-order valence-corrected chi connectivity index (χ0v) is 36.6. The number of phosphoric acid groups is 1. The zero-order valence-electron chi connectivity index (χ0n) is 35.7. The highest BCUT2D eigenvalue weighted by molar-refractivity contribution is 7.47. The monoisotopic (exact) mass is 822 g/mol. The molecule has 0 bridgehead atoms. The summed E-state index contributed by atoms with van der Waals surface area (Å²) >= 11 is 0. The van der Waals surface area contributed by atoms with Crippen molar-refractivity contribution in [3.05, 3.63) is 72.9 Å². The molecule has 328 valence electrons. The minimum atomic E-state index is -4.63. The minimum Gasteiger partial charge on any atom is -0.480 e. The smallest absolute Gasteiger partial charge is 0.472 e. The maximum absolute atomic E-state index is 12.6. The molecular weight excluding hydrogens is 741 g/mol. The highest BCUT2D eigenvalue weighted by Gasteiger charge is 2.27. The highest BCUT2D eigenvalue weighted by Crippen LogP contribution is 2.43. The normalized spacial score (nSPS) is 14.6. The number of carboxylic acid groups (broad SMARTS) is 1. The minimum absolute atomic E-state index is 0.00137. The molecule has 0 aliphatic rings. The van der Waals surface area contributed by atoms with Crippen LogP contribution < -0.4 is 5.73 Å². The Morgan fingerprint density at radius 3 is 1.53 bits per heavy atom. The van der Waals surface area contributed by atoms with E-state index in [1.165, 1.54) is 38.5 Å². The summed E-state index contributed by atoms with van der Waals surface area (Å²) in [6, 6.07) is -1.48. The zero-order chi connectivity index (χ0) is 41.9. The van der Waals surface area contributed by atoms with Crippen LogP contribution in [0.5, 0.6) is 0 Å². The topological polar surface area (TPSA) is 155 Å². The fourth-order valence-corrected chi connectivity index (χ4v) is 6.34. The number of phosphoric ester groups is 1. The maximum Gasteiger partial charge on any atom is 0.472 e. The van der Waals surface area contributed by atoms with Gasteiger partial charge in [0.2, 0.25) is 0 Å². The predicted octanol–water partition coefficient (Wildman–Crippen LogP) is 12.2. The summed E-state index contributed by atoms with van der Waals surface area (Å²) in [5, 5.41) is 8.90. The molecule has 0 rings (SSSR count). The number of carbonyl (C=O) groups excluding carboxylic acids is 1. The lowest BCUT2D eigenvalue weighted by Gasteiger charge is -2.20. The van der Waals surface area contributed by atoms with Gasteiger partial charge in [-0.05, 0) is 83.5 Å². The van der Waals surface area contributed by atoms with Crippen LogP contribution in [0.2, 0.25) is 0 Å². The fraction of sp³-hybridized carbons (Fsp3) is 0.696. The molecule has 3 unspecified atom stereocenters. The Hall–Kier alpha value is -2.59. The Balaban J connectivity index is 4.30. The first kappa shape index (κ1) is 54.4. The van der Waals surface area contributed by atoms with E-state index in [-0.39, 0.29) is 13.0 Å². The third-order valence-corrected chi connectivity index (χ3v) is 9.92. The Morgan fingerprint density at radius 1 is 0.579 bits per heavy atom. The van der Waals surface area contributed by atoms with Crippen LogP contribution in [0.25, 0.3) is 0 Å². The molecule has 0 heterocycles. The Bertz CT molecular complexity index is 1180. The first-order chi connectivity index (χ1) is 27.7. The fourth-order valence-electron chi connectivity index (χ4n) is 5.56. The van der Waals surface area contributed by atoms with E-state index in [0.717, 1.165) is 103 Å². The summed E-state index contributed by atoms with van der Waals surface area (Å²) in [7, 11) is -4.63. The van der Waals surface area contributed by atoms with Crippen LogP contribution in [-0.2, 0) is 32.7 Å². The largest absolute Gasteiger partial charge is 0.480 e. The molecule has 0 fully saturated rings. The van der Waals surface area contributed by atoms with Crippen LogP contribution in [0.1, 0.15) is 168 Å². The van der Waals surface area contributed by atoms with E-state index < -0.39 is 45.1 Å². The Labute approximate surface area is 346 Å². The number of nitrogens with two attached hydrogens (primary N) is 1. The van der Waals surface area contributed by atoms with Gasteiger partial charge in [0, 0.05) is 13.0 Å². The Morgan fingerprint density at radius 2 is 1.02 bits per heavy atom. The average molecular weight is 822 g/mol. The number of aliphatic carboxylic acids is 1. The van der Waals surface area contributed by atoms with Gasteiger partial charge in [-0.3, -0.25) is 18.6 Å². The second-order valence-electron chi connectivity index (χ2n) is 14.4. The summed E-state index contributed by atoms with van der Waals surface area (Å²) in [6.45, 7) is 3.68. The lowest BCUT2D eigenvalue weighted by atomic mass is 10.1. The van der Waals surface area contributed by atoms with Gasteiger partial charge in [-0.2, -0.15) is 0 Å². The van der Waals surface area contributed by atoms with E-state index in [2.05, 4.69) is 86.8 Å². The molecule has 0 radical (unpaired) electrons. The average Bonchev–Trinajstić information content (AvgIpc) is 3.19. The van der Waals surface area contributed by atoms with E-state index in [9.17, 15) is 19.0 Å². The van der Waals surface area contributed by atoms with Crippen LogP contribution in [0.15, 0.2) is 72.9 Å². The summed E-state index contributed by atoms with van der Waals surface area (Å²) in [5.41, 5.74) is 5.35. The summed E-state index contributed by atoms with van der Waals surface area (Å²) in [6.07, 6.45) is 50.9. The van der Waals surface area contributed by atoms with Crippen LogP contribution in [0.3, 0.4) is 0 Å². The van der Waals surface area contributed by atoms with Crippen molar-refractivity contribution in [1.29, 1.82) is 0 Å². The van der Waals surface area contributed by atoms with Gasteiger partial charge in [-0.25, -0.2) is 4.57 Å². The second kappa shape index (κ2) is 41.6. The van der Waals surface area contributed by atoms with Crippen molar-refractivity contribution >= 4 is 19.8 Å². The molecule has 0 aromatic heterocycles. The molecule has 11 heteroatoms. The lowest BCUT2D eigenvalue weighted by molar-refractivity contribution is -0.154. The highest BCUT2D eigenvalue weighted by atomic mass is 31.2. The number of carboxylic acids is 1. The molecule has 57 heavy (non-hydrogen) atoms. The van der Waals surface area contributed by atoms with Crippen molar-refractivity contribution in [3.63, 3.8) is 0 Å². The third kappa shape index (κ3) is 41.4. The molecule has 4 N–H and O–H groups in total. The van der Waals surface area contributed by atoms with E-state index in [0.29, 0.717) is 13.0 Å². The summed E-state index contributed by atoms with van der Waals surface area (Å²) in [5.74, 6) is -1.80. The molecule has 0 aliphatic heterocycles. The number of hydrogen-bond donors (Lipinski definition) is 3. The molecule has 0 saturated carbocycles. The number of carbonyl (C=O) groups is 2. The molecule has 3 atom stereocenters. The van der Waals surface area contributed by atoms with Crippen LogP contribution in [0, 0.1) is 0 Å². The number of allylic oxidation sites excluding steroid dienone is 12. The molecule has 0 aromatic carbocycles. The van der Waals surface area contributed by atoms with Crippen LogP contribution in [0.4, 0.5) is 0 Å². The van der Waals surface area contributed by atoms with Crippen LogP contribution >= 0.6 is 7.82 Å². The number of unbranched alkanes of at least 4 members (excludes halogenated alkanes) is 15. The number of hydrogen-bond acceptors (Lipinski definition) is 8. The lowest BCUT2D eigenvalue weighted by Crippen LogP contribution is -2.34. The van der Waals surface area contributed by atoms with Crippen molar-refractivity contribution in [2.24, 2.45) is 5.73 Å². The van der Waals surface area contributed by atoms with Gasteiger partial charge >= 0.3 is 19.8 Å². The number of ether oxygens (including phenoxy) is 2. The summed E-state index contributed by atoms with van der Waals surface area (Å²) in [4.78, 5) is 33.6. The van der Waals surface area contributed by atoms with E-state index >= 15 is 0 Å². The first-order valence-corrected chi connectivity index (χ1v) is 23.5. The van der Waals surface area contributed by atoms with E-state index in [1.807, 2.05) is 0 Å². The van der Waals surface area contributed by atoms with Crippen molar-refractivity contribution in [3.8, 4) is 0 Å². The molecule has 10 nitrogen and oxygen atoms in total. The summed E-state index contributed by atoms with van der Waals surface area (Å²) < 4.78 is 33.3. The third-order valence-electron chi connectivity index (χ3n) is 8.97. The molecular formula is C46H80NO9P. The number of rotatable bonds is 41.